The minimum atomic E-state index is -3.07. The standard InChI is InChI=1S/C18H30N4O3S/c1-12(2)10-22-17(13(3)4)16(9-19-22)20-18(23)21-8-7-14-5-6-15(11-21)26(14,24)25/h9,12-15H,5-8,10-11H2,1-4H3,(H,20,23). The van der Waals surface area contributed by atoms with Crippen molar-refractivity contribution >= 4 is 21.6 Å². The molecule has 2 aliphatic rings. The zero-order valence-electron chi connectivity index (χ0n) is 16.1. The van der Waals surface area contributed by atoms with Crippen LogP contribution in [0.25, 0.3) is 0 Å². The highest BCUT2D eigenvalue weighted by Crippen LogP contribution is 2.33. The minimum Gasteiger partial charge on any atom is -0.323 e. The number of amides is 2. The second-order valence-electron chi connectivity index (χ2n) is 8.25. The summed E-state index contributed by atoms with van der Waals surface area (Å²) in [5.41, 5.74) is 1.74. The third-order valence-corrected chi connectivity index (χ3v) is 8.09. The van der Waals surface area contributed by atoms with Crippen LogP contribution in [-0.2, 0) is 16.4 Å². The molecule has 0 saturated carbocycles. The van der Waals surface area contributed by atoms with Crippen LogP contribution in [0.4, 0.5) is 10.5 Å². The summed E-state index contributed by atoms with van der Waals surface area (Å²) in [6.07, 6.45) is 3.65. The highest BCUT2D eigenvalue weighted by atomic mass is 32.2. The van der Waals surface area contributed by atoms with E-state index in [1.165, 1.54) is 0 Å². The van der Waals surface area contributed by atoms with Gasteiger partial charge in [-0.15, -0.1) is 0 Å². The molecule has 2 fully saturated rings. The van der Waals surface area contributed by atoms with E-state index in [1.807, 2.05) is 4.68 Å². The summed E-state index contributed by atoms with van der Waals surface area (Å²) < 4.78 is 26.8. The molecule has 2 unspecified atom stereocenters. The zero-order valence-corrected chi connectivity index (χ0v) is 16.9. The number of urea groups is 1. The highest BCUT2D eigenvalue weighted by Gasteiger charge is 2.44. The maximum absolute atomic E-state index is 12.8. The maximum Gasteiger partial charge on any atom is 0.321 e. The number of hydrogen-bond acceptors (Lipinski definition) is 4. The summed E-state index contributed by atoms with van der Waals surface area (Å²) in [6, 6.07) is -0.223. The number of likely N-dealkylation sites (tertiary alicyclic amines) is 1. The number of carbonyl (C=O) groups excluding carboxylic acids is 1. The van der Waals surface area contributed by atoms with Crippen LogP contribution in [0.5, 0.6) is 0 Å². The quantitative estimate of drug-likeness (QED) is 0.868. The van der Waals surface area contributed by atoms with E-state index in [1.54, 1.807) is 11.1 Å². The zero-order chi connectivity index (χ0) is 19.1. The van der Waals surface area contributed by atoms with Crippen LogP contribution in [-0.4, -0.2) is 52.7 Å². The first-order chi connectivity index (χ1) is 12.2. The lowest BCUT2D eigenvalue weighted by Gasteiger charge is -2.24. The van der Waals surface area contributed by atoms with E-state index >= 15 is 0 Å². The van der Waals surface area contributed by atoms with Crippen molar-refractivity contribution in [3.05, 3.63) is 11.9 Å². The summed E-state index contributed by atoms with van der Waals surface area (Å²) in [4.78, 5) is 14.5. The molecule has 0 aliphatic carbocycles. The largest absolute Gasteiger partial charge is 0.323 e. The first-order valence-electron chi connectivity index (χ1n) is 9.54. The summed E-state index contributed by atoms with van der Waals surface area (Å²) in [7, 11) is -3.07. The number of aromatic nitrogens is 2. The monoisotopic (exact) mass is 382 g/mol. The topological polar surface area (TPSA) is 84.3 Å². The first-order valence-corrected chi connectivity index (χ1v) is 11.2. The van der Waals surface area contributed by atoms with Crippen molar-refractivity contribution in [2.75, 3.05) is 18.4 Å². The fraction of sp³-hybridized carbons (Fsp3) is 0.778. The smallest absolute Gasteiger partial charge is 0.321 e. The van der Waals surface area contributed by atoms with Crippen molar-refractivity contribution in [3.8, 4) is 0 Å². The number of sulfone groups is 1. The molecule has 2 bridgehead atoms. The normalized spacial score (nSPS) is 24.9. The summed E-state index contributed by atoms with van der Waals surface area (Å²) >= 11 is 0. The van der Waals surface area contributed by atoms with Gasteiger partial charge in [0.25, 0.3) is 0 Å². The molecule has 3 heterocycles. The second-order valence-corrected chi connectivity index (χ2v) is 10.8. The molecule has 1 N–H and O–H groups in total. The molecule has 0 aromatic carbocycles. The number of carbonyl (C=O) groups is 1. The van der Waals surface area contributed by atoms with E-state index < -0.39 is 15.1 Å². The van der Waals surface area contributed by atoms with Crippen LogP contribution in [0.3, 0.4) is 0 Å². The lowest BCUT2D eigenvalue weighted by Crippen LogP contribution is -2.40. The number of fused-ring (bicyclic) bond motifs is 2. The van der Waals surface area contributed by atoms with Gasteiger partial charge in [-0.1, -0.05) is 27.7 Å². The van der Waals surface area contributed by atoms with Gasteiger partial charge in [0.1, 0.15) is 0 Å². The summed E-state index contributed by atoms with van der Waals surface area (Å²) in [5.74, 6) is 0.689. The average Bonchev–Trinajstić information content (AvgIpc) is 2.96. The fourth-order valence-electron chi connectivity index (χ4n) is 4.08. The fourth-order valence-corrected chi connectivity index (χ4v) is 6.38. The third-order valence-electron chi connectivity index (χ3n) is 5.38. The van der Waals surface area contributed by atoms with Gasteiger partial charge >= 0.3 is 6.03 Å². The van der Waals surface area contributed by atoms with Crippen LogP contribution in [0.2, 0.25) is 0 Å². The van der Waals surface area contributed by atoms with E-state index in [9.17, 15) is 13.2 Å². The predicted octanol–water partition coefficient (Wildman–Crippen LogP) is 2.85. The first kappa shape index (κ1) is 19.2. The van der Waals surface area contributed by atoms with Gasteiger partial charge in [0.2, 0.25) is 0 Å². The van der Waals surface area contributed by atoms with Gasteiger partial charge in [-0.25, -0.2) is 13.2 Å². The number of rotatable bonds is 4. The number of hydrogen-bond donors (Lipinski definition) is 1. The minimum absolute atomic E-state index is 0.223. The Balaban J connectivity index is 1.75. The van der Waals surface area contributed by atoms with Crippen molar-refractivity contribution in [2.45, 2.75) is 69.9 Å². The highest BCUT2D eigenvalue weighted by molar-refractivity contribution is 7.93. The maximum atomic E-state index is 12.8. The molecule has 7 nitrogen and oxygen atoms in total. The van der Waals surface area contributed by atoms with Crippen molar-refractivity contribution in [3.63, 3.8) is 0 Å². The van der Waals surface area contributed by atoms with Crippen molar-refractivity contribution in [2.24, 2.45) is 5.92 Å². The molecule has 2 aliphatic heterocycles. The second kappa shape index (κ2) is 7.21. The van der Waals surface area contributed by atoms with Crippen LogP contribution in [0, 0.1) is 5.92 Å². The number of anilines is 1. The van der Waals surface area contributed by atoms with E-state index in [4.69, 9.17) is 0 Å². The van der Waals surface area contributed by atoms with Crippen LogP contribution < -0.4 is 5.32 Å². The molecule has 8 heteroatoms. The van der Waals surface area contributed by atoms with Gasteiger partial charge in [0.05, 0.1) is 28.1 Å². The van der Waals surface area contributed by atoms with E-state index in [2.05, 4.69) is 38.1 Å². The molecule has 2 atom stereocenters. The molecule has 2 saturated heterocycles. The molecule has 1 aromatic heterocycles. The summed E-state index contributed by atoms with van der Waals surface area (Å²) in [5, 5.41) is 6.74. The van der Waals surface area contributed by atoms with Gasteiger partial charge in [0.15, 0.2) is 9.84 Å². The Morgan fingerprint density at radius 2 is 1.92 bits per heavy atom. The Kier molecular flexibility index (Phi) is 5.33. The predicted molar refractivity (Wildman–Crippen MR) is 102 cm³/mol. The molecule has 146 valence electrons. The van der Waals surface area contributed by atoms with Gasteiger partial charge in [-0.05, 0) is 31.1 Å². The van der Waals surface area contributed by atoms with Gasteiger partial charge < -0.3 is 10.2 Å². The van der Waals surface area contributed by atoms with Crippen LogP contribution in [0.15, 0.2) is 6.20 Å². The SMILES string of the molecule is CC(C)Cn1ncc(NC(=O)N2CCC3CCC(C2)S3(=O)=O)c1C(C)C. The number of nitrogens with zero attached hydrogens (tertiary/aromatic N) is 3. The lowest BCUT2D eigenvalue weighted by atomic mass is 10.1. The molecular weight excluding hydrogens is 352 g/mol. The van der Waals surface area contributed by atoms with Crippen molar-refractivity contribution in [1.82, 2.24) is 14.7 Å². The molecular formula is C18H30N4O3S. The third kappa shape index (κ3) is 3.61. The van der Waals surface area contributed by atoms with Gasteiger partial charge in [-0.2, -0.15) is 5.10 Å². The average molecular weight is 383 g/mol. The molecule has 2 amide bonds. The number of nitrogens with one attached hydrogen (secondary N) is 1. The van der Waals surface area contributed by atoms with Crippen molar-refractivity contribution in [1.29, 1.82) is 0 Å². The van der Waals surface area contributed by atoms with E-state index in [0.717, 1.165) is 24.3 Å². The van der Waals surface area contributed by atoms with Gasteiger partial charge in [0, 0.05) is 19.6 Å². The van der Waals surface area contributed by atoms with Crippen molar-refractivity contribution < 1.29 is 13.2 Å². The van der Waals surface area contributed by atoms with Crippen LogP contribution >= 0.6 is 0 Å². The Morgan fingerprint density at radius 3 is 2.58 bits per heavy atom. The molecule has 0 radical (unpaired) electrons. The van der Waals surface area contributed by atoms with Gasteiger partial charge in [-0.3, -0.25) is 4.68 Å². The Bertz CT molecular complexity index is 769. The van der Waals surface area contributed by atoms with Crippen LogP contribution in [0.1, 0.15) is 58.6 Å². The van der Waals surface area contributed by atoms with E-state index in [0.29, 0.717) is 31.8 Å². The molecule has 26 heavy (non-hydrogen) atoms. The summed E-state index contributed by atoms with van der Waals surface area (Å²) in [6.45, 7) is 10.0. The molecule has 0 spiro atoms. The van der Waals surface area contributed by atoms with E-state index in [-0.39, 0.29) is 17.2 Å². The Hall–Kier alpha value is -1.57. The molecule has 3 rings (SSSR count). The Morgan fingerprint density at radius 1 is 1.23 bits per heavy atom. The molecule has 1 aromatic rings. The lowest BCUT2D eigenvalue weighted by molar-refractivity contribution is 0.209. The Labute approximate surface area is 156 Å².